The highest BCUT2D eigenvalue weighted by atomic mass is 16.1. The summed E-state index contributed by atoms with van der Waals surface area (Å²) in [7, 11) is 0. The predicted octanol–water partition coefficient (Wildman–Crippen LogP) is 0.0408. The fourth-order valence-corrected chi connectivity index (χ4v) is 1.82. The van der Waals surface area contributed by atoms with Crippen molar-refractivity contribution in [3.8, 4) is 5.69 Å². The first-order valence-corrected chi connectivity index (χ1v) is 5.60. The molecule has 0 fully saturated rings. The molecule has 0 bridgehead atoms. The molecular weight excluding hydrogens is 246 g/mol. The average Bonchev–Trinajstić information content (AvgIpc) is 3.09. The van der Waals surface area contributed by atoms with Crippen LogP contribution >= 0.6 is 0 Å². The Bertz CT molecular complexity index is 716. The molecule has 3 aromatic rings. The molecule has 1 aromatic carbocycles. The lowest BCUT2D eigenvalue weighted by atomic mass is 10.2. The van der Waals surface area contributed by atoms with E-state index in [4.69, 9.17) is 5.73 Å². The molecule has 1 amide bonds. The van der Waals surface area contributed by atoms with Gasteiger partial charge in [-0.3, -0.25) is 14.5 Å². The van der Waals surface area contributed by atoms with E-state index >= 15 is 0 Å². The second-order valence-electron chi connectivity index (χ2n) is 3.95. The van der Waals surface area contributed by atoms with Gasteiger partial charge < -0.3 is 11.1 Å². The summed E-state index contributed by atoms with van der Waals surface area (Å²) in [4.78, 5) is 11.4. The van der Waals surface area contributed by atoms with Gasteiger partial charge in [0.25, 0.3) is 0 Å². The number of carbonyl (C=O) groups excluding carboxylic acids is 1. The van der Waals surface area contributed by atoms with E-state index in [9.17, 15) is 4.79 Å². The van der Waals surface area contributed by atoms with Gasteiger partial charge in [0, 0.05) is 5.39 Å². The minimum absolute atomic E-state index is 0.0732. The zero-order valence-corrected chi connectivity index (χ0v) is 9.87. The van der Waals surface area contributed by atoms with Crippen molar-refractivity contribution in [2.24, 2.45) is 5.73 Å². The average molecular weight is 257 g/mol. The van der Waals surface area contributed by atoms with E-state index in [2.05, 4.69) is 25.7 Å². The van der Waals surface area contributed by atoms with Gasteiger partial charge in [0.05, 0.1) is 29.6 Å². The molecule has 0 saturated carbocycles. The summed E-state index contributed by atoms with van der Waals surface area (Å²) >= 11 is 0. The SMILES string of the molecule is NCC(=O)Nc1cc(-n2cnnc2)cc2[nH]ncc12. The molecule has 96 valence electrons. The second kappa shape index (κ2) is 4.50. The van der Waals surface area contributed by atoms with Crippen LogP contribution in [0.4, 0.5) is 5.69 Å². The topological polar surface area (TPSA) is 115 Å². The number of nitrogens with two attached hydrogens (primary N) is 1. The number of carbonyl (C=O) groups is 1. The van der Waals surface area contributed by atoms with E-state index in [1.807, 2.05) is 12.1 Å². The van der Waals surface area contributed by atoms with Crippen LogP contribution in [0.5, 0.6) is 0 Å². The van der Waals surface area contributed by atoms with Gasteiger partial charge in [-0.1, -0.05) is 0 Å². The maximum Gasteiger partial charge on any atom is 0.238 e. The highest BCUT2D eigenvalue weighted by Crippen LogP contribution is 2.25. The van der Waals surface area contributed by atoms with Crippen molar-refractivity contribution in [3.05, 3.63) is 31.0 Å². The number of hydrogen-bond acceptors (Lipinski definition) is 5. The Balaban J connectivity index is 2.13. The van der Waals surface area contributed by atoms with E-state index in [1.54, 1.807) is 23.4 Å². The third-order valence-corrected chi connectivity index (χ3v) is 2.72. The van der Waals surface area contributed by atoms with Crippen LogP contribution in [0.25, 0.3) is 16.6 Å². The molecule has 4 N–H and O–H groups in total. The predicted molar refractivity (Wildman–Crippen MR) is 68.7 cm³/mol. The number of H-pyrrole nitrogens is 1. The standard InChI is InChI=1S/C11H11N7O/c12-3-11(19)16-9-1-7(18-5-14-15-6-18)2-10-8(9)4-13-17-10/h1-2,4-6H,3,12H2,(H,13,17)(H,16,19). The lowest BCUT2D eigenvalue weighted by molar-refractivity contribution is -0.114. The molecule has 0 aliphatic heterocycles. The molecule has 0 aliphatic rings. The van der Waals surface area contributed by atoms with Gasteiger partial charge in [-0.25, -0.2) is 0 Å². The van der Waals surface area contributed by atoms with Gasteiger partial charge in [0.2, 0.25) is 5.91 Å². The lowest BCUT2D eigenvalue weighted by Gasteiger charge is -2.08. The summed E-state index contributed by atoms with van der Waals surface area (Å²) in [5, 5.41) is 17.9. The van der Waals surface area contributed by atoms with Crippen LogP contribution < -0.4 is 11.1 Å². The maximum absolute atomic E-state index is 11.4. The third kappa shape index (κ3) is 2.04. The molecule has 0 saturated heterocycles. The Labute approximate surface area is 107 Å². The van der Waals surface area contributed by atoms with E-state index in [1.165, 1.54) is 0 Å². The number of nitrogens with zero attached hydrogens (tertiary/aromatic N) is 4. The molecule has 8 nitrogen and oxygen atoms in total. The lowest BCUT2D eigenvalue weighted by Crippen LogP contribution is -2.22. The maximum atomic E-state index is 11.4. The number of rotatable bonds is 3. The second-order valence-corrected chi connectivity index (χ2v) is 3.95. The third-order valence-electron chi connectivity index (χ3n) is 2.72. The molecule has 0 aliphatic carbocycles. The summed E-state index contributed by atoms with van der Waals surface area (Å²) in [5.74, 6) is -0.261. The molecule has 3 rings (SSSR count). The first kappa shape index (κ1) is 11.4. The number of amides is 1. The van der Waals surface area contributed by atoms with E-state index in [0.717, 1.165) is 16.6 Å². The van der Waals surface area contributed by atoms with Gasteiger partial charge in [-0.2, -0.15) is 5.10 Å². The number of fused-ring (bicyclic) bond motifs is 1. The number of aromatic amines is 1. The molecule has 19 heavy (non-hydrogen) atoms. The fraction of sp³-hybridized carbons (Fsp3) is 0.0909. The van der Waals surface area contributed by atoms with Crippen molar-refractivity contribution in [3.63, 3.8) is 0 Å². The van der Waals surface area contributed by atoms with Crippen molar-refractivity contribution in [1.29, 1.82) is 0 Å². The van der Waals surface area contributed by atoms with Gasteiger partial charge in [0.1, 0.15) is 12.7 Å². The Morgan fingerprint density at radius 1 is 1.37 bits per heavy atom. The largest absolute Gasteiger partial charge is 0.324 e. The number of nitrogens with one attached hydrogen (secondary N) is 2. The van der Waals surface area contributed by atoms with Gasteiger partial charge >= 0.3 is 0 Å². The summed E-state index contributed by atoms with van der Waals surface area (Å²) < 4.78 is 1.73. The first-order valence-electron chi connectivity index (χ1n) is 5.60. The van der Waals surface area contributed by atoms with E-state index in [-0.39, 0.29) is 12.5 Å². The molecule has 0 atom stereocenters. The molecule has 0 spiro atoms. The van der Waals surface area contributed by atoms with Gasteiger partial charge in [0.15, 0.2) is 0 Å². The number of anilines is 1. The molecule has 0 radical (unpaired) electrons. The van der Waals surface area contributed by atoms with Crippen molar-refractivity contribution < 1.29 is 4.79 Å². The molecular formula is C11H11N7O. The van der Waals surface area contributed by atoms with E-state index < -0.39 is 0 Å². The number of hydrogen-bond donors (Lipinski definition) is 3. The number of benzene rings is 1. The van der Waals surface area contributed by atoms with Crippen LogP contribution in [0.2, 0.25) is 0 Å². The van der Waals surface area contributed by atoms with Crippen LogP contribution in [-0.2, 0) is 4.79 Å². The van der Waals surface area contributed by atoms with Gasteiger partial charge in [-0.15, -0.1) is 10.2 Å². The molecule has 0 unspecified atom stereocenters. The quantitative estimate of drug-likeness (QED) is 0.613. The van der Waals surface area contributed by atoms with Crippen molar-refractivity contribution >= 4 is 22.5 Å². The van der Waals surface area contributed by atoms with Crippen molar-refractivity contribution in [2.45, 2.75) is 0 Å². The summed E-state index contributed by atoms with van der Waals surface area (Å²) in [5.41, 5.74) is 7.57. The Morgan fingerprint density at radius 3 is 2.89 bits per heavy atom. The van der Waals surface area contributed by atoms with Gasteiger partial charge in [-0.05, 0) is 12.1 Å². The monoisotopic (exact) mass is 257 g/mol. The minimum Gasteiger partial charge on any atom is -0.324 e. The van der Waals surface area contributed by atoms with Crippen LogP contribution in [0, 0.1) is 0 Å². The van der Waals surface area contributed by atoms with Crippen LogP contribution in [-0.4, -0.2) is 37.4 Å². The zero-order valence-electron chi connectivity index (χ0n) is 9.87. The minimum atomic E-state index is -0.261. The Morgan fingerprint density at radius 2 is 2.16 bits per heavy atom. The van der Waals surface area contributed by atoms with Crippen molar-refractivity contribution in [1.82, 2.24) is 25.0 Å². The first-order chi connectivity index (χ1) is 9.28. The summed E-state index contributed by atoms with van der Waals surface area (Å²) in [6.45, 7) is -0.0732. The Hall–Kier alpha value is -2.74. The van der Waals surface area contributed by atoms with Crippen molar-refractivity contribution in [2.75, 3.05) is 11.9 Å². The molecule has 2 heterocycles. The highest BCUT2D eigenvalue weighted by molar-refractivity contribution is 6.02. The van der Waals surface area contributed by atoms with E-state index in [0.29, 0.717) is 5.69 Å². The van der Waals surface area contributed by atoms with Crippen LogP contribution in [0.3, 0.4) is 0 Å². The molecule has 8 heteroatoms. The molecule has 2 aromatic heterocycles. The normalized spacial score (nSPS) is 10.8. The Kier molecular flexibility index (Phi) is 2.69. The highest BCUT2D eigenvalue weighted by Gasteiger charge is 2.09. The summed E-state index contributed by atoms with van der Waals surface area (Å²) in [6.07, 6.45) is 4.80. The fourth-order valence-electron chi connectivity index (χ4n) is 1.82. The van der Waals surface area contributed by atoms with Crippen LogP contribution in [0.1, 0.15) is 0 Å². The van der Waals surface area contributed by atoms with Crippen LogP contribution in [0.15, 0.2) is 31.0 Å². The zero-order chi connectivity index (χ0) is 13.2. The number of aromatic nitrogens is 5. The smallest absolute Gasteiger partial charge is 0.238 e. The summed E-state index contributed by atoms with van der Waals surface area (Å²) in [6, 6.07) is 3.71.